The third kappa shape index (κ3) is 5.74. The molecule has 3 aromatic rings. The largest absolute Gasteiger partial charge is 0.457 e. The zero-order valence-corrected chi connectivity index (χ0v) is 14.7. The maximum absolute atomic E-state index is 12.1. The molecule has 0 atom stereocenters. The quantitative estimate of drug-likeness (QED) is 0.479. The molecule has 1 aromatic heterocycles. The first-order valence-corrected chi connectivity index (χ1v) is 8.86. The van der Waals surface area contributed by atoms with Crippen LogP contribution in [0.2, 0.25) is 0 Å². The highest BCUT2D eigenvalue weighted by atomic mass is 16.5. The minimum absolute atomic E-state index is 0.0415. The van der Waals surface area contributed by atoms with E-state index >= 15 is 0 Å². The van der Waals surface area contributed by atoms with Crippen molar-refractivity contribution in [1.82, 2.24) is 0 Å². The van der Waals surface area contributed by atoms with Gasteiger partial charge in [-0.05, 0) is 42.8 Å². The Morgan fingerprint density at radius 2 is 1.46 bits per heavy atom. The fourth-order valence-corrected chi connectivity index (χ4v) is 2.62. The molecule has 1 N–H and O–H groups in total. The van der Waals surface area contributed by atoms with Gasteiger partial charge < -0.3 is 10.1 Å². The van der Waals surface area contributed by atoms with Gasteiger partial charge in [0.15, 0.2) is 12.4 Å². The second kappa shape index (κ2) is 9.37. The van der Waals surface area contributed by atoms with E-state index in [1.54, 1.807) is 0 Å². The Morgan fingerprint density at radius 3 is 2.19 bits per heavy atom. The molecule has 0 saturated carbocycles. The van der Waals surface area contributed by atoms with Gasteiger partial charge in [0.2, 0.25) is 5.91 Å². The number of nitrogens with one attached hydrogen (secondary N) is 1. The number of benzene rings is 2. The second-order valence-corrected chi connectivity index (χ2v) is 6.06. The number of aromatic nitrogens is 1. The molecule has 0 unspecified atom stereocenters. The van der Waals surface area contributed by atoms with Crippen LogP contribution in [0.5, 0.6) is 11.5 Å². The highest BCUT2D eigenvalue weighted by molar-refractivity contribution is 5.90. The smallest absolute Gasteiger partial charge is 0.224 e. The van der Waals surface area contributed by atoms with E-state index in [9.17, 15) is 4.79 Å². The first-order valence-electron chi connectivity index (χ1n) is 8.86. The molecule has 0 spiro atoms. The summed E-state index contributed by atoms with van der Waals surface area (Å²) in [6.07, 6.45) is 6.45. The van der Waals surface area contributed by atoms with Crippen LogP contribution in [-0.4, -0.2) is 5.91 Å². The Labute approximate surface area is 154 Å². The first-order chi connectivity index (χ1) is 12.8. The maximum atomic E-state index is 12.1. The molecule has 4 nitrogen and oxygen atoms in total. The zero-order chi connectivity index (χ0) is 18.0. The number of para-hydroxylation sites is 1. The number of rotatable bonds is 8. The number of carbonyl (C=O) groups is 1. The highest BCUT2D eigenvalue weighted by Crippen LogP contribution is 2.22. The van der Waals surface area contributed by atoms with Gasteiger partial charge in [-0.3, -0.25) is 4.79 Å². The van der Waals surface area contributed by atoms with Gasteiger partial charge in [0.25, 0.3) is 0 Å². The van der Waals surface area contributed by atoms with Crippen molar-refractivity contribution in [3.63, 3.8) is 0 Å². The van der Waals surface area contributed by atoms with Gasteiger partial charge in [-0.25, -0.2) is 4.57 Å². The number of aryl methyl sites for hydroxylation is 1. The summed E-state index contributed by atoms with van der Waals surface area (Å²) >= 11 is 0. The zero-order valence-electron chi connectivity index (χ0n) is 14.7. The minimum Gasteiger partial charge on any atom is -0.457 e. The Kier molecular flexibility index (Phi) is 6.37. The molecular formula is C22H23N2O2+. The van der Waals surface area contributed by atoms with Crippen molar-refractivity contribution in [2.75, 3.05) is 5.32 Å². The standard InChI is InChI=1S/C22H22N2O2/c25-22(11-5-8-18-24-16-6-2-7-17-24)23-19-12-14-21(15-13-19)26-20-9-3-1-4-10-20/h1-4,6-7,9-10,12-17H,5,8,11,18H2/p+1. The van der Waals surface area contributed by atoms with Crippen molar-refractivity contribution >= 4 is 11.6 Å². The van der Waals surface area contributed by atoms with Crippen molar-refractivity contribution in [3.05, 3.63) is 85.2 Å². The van der Waals surface area contributed by atoms with E-state index in [1.165, 1.54) is 0 Å². The second-order valence-electron chi connectivity index (χ2n) is 6.06. The molecule has 0 aliphatic carbocycles. The molecule has 0 aliphatic heterocycles. The molecule has 0 fully saturated rings. The van der Waals surface area contributed by atoms with Crippen LogP contribution in [0.4, 0.5) is 5.69 Å². The van der Waals surface area contributed by atoms with Crippen molar-refractivity contribution in [2.24, 2.45) is 0 Å². The van der Waals surface area contributed by atoms with E-state index in [1.807, 2.05) is 85.2 Å². The number of carbonyl (C=O) groups excluding carboxylic acids is 1. The van der Waals surface area contributed by atoms with Gasteiger partial charge in [0.1, 0.15) is 18.0 Å². The third-order valence-corrected chi connectivity index (χ3v) is 3.96. The van der Waals surface area contributed by atoms with Crippen LogP contribution in [0.25, 0.3) is 0 Å². The summed E-state index contributed by atoms with van der Waals surface area (Å²) in [5.41, 5.74) is 0.785. The summed E-state index contributed by atoms with van der Waals surface area (Å²) in [5.74, 6) is 1.58. The van der Waals surface area contributed by atoms with Crippen LogP contribution in [0.1, 0.15) is 19.3 Å². The van der Waals surface area contributed by atoms with Gasteiger partial charge >= 0.3 is 0 Å². The van der Waals surface area contributed by atoms with E-state index in [-0.39, 0.29) is 5.91 Å². The van der Waals surface area contributed by atoms with Gasteiger partial charge in [0, 0.05) is 30.7 Å². The Morgan fingerprint density at radius 1 is 0.808 bits per heavy atom. The van der Waals surface area contributed by atoms with Crippen molar-refractivity contribution in [1.29, 1.82) is 0 Å². The van der Waals surface area contributed by atoms with Crippen LogP contribution in [-0.2, 0) is 11.3 Å². The summed E-state index contributed by atoms with van der Waals surface area (Å²) in [7, 11) is 0. The van der Waals surface area contributed by atoms with Crippen LogP contribution in [0, 0.1) is 0 Å². The number of ether oxygens (including phenoxy) is 1. The molecule has 0 aliphatic rings. The molecule has 1 heterocycles. The number of amides is 1. The van der Waals surface area contributed by atoms with E-state index in [0.29, 0.717) is 6.42 Å². The normalized spacial score (nSPS) is 10.3. The van der Waals surface area contributed by atoms with E-state index in [4.69, 9.17) is 4.74 Å². The van der Waals surface area contributed by atoms with E-state index in [0.717, 1.165) is 36.6 Å². The molecule has 0 saturated heterocycles. The average molecular weight is 347 g/mol. The van der Waals surface area contributed by atoms with E-state index in [2.05, 4.69) is 9.88 Å². The topological polar surface area (TPSA) is 42.2 Å². The molecule has 4 heteroatoms. The Bertz CT molecular complexity index is 803. The lowest BCUT2D eigenvalue weighted by Gasteiger charge is -2.08. The molecule has 2 aromatic carbocycles. The maximum Gasteiger partial charge on any atom is 0.224 e. The number of anilines is 1. The predicted octanol–water partition coefficient (Wildman–Crippen LogP) is 4.58. The number of unbranched alkanes of at least 4 members (excludes halogenated alkanes) is 1. The lowest BCUT2D eigenvalue weighted by atomic mass is 10.2. The van der Waals surface area contributed by atoms with Gasteiger partial charge in [-0.15, -0.1) is 0 Å². The fraction of sp³-hybridized carbons (Fsp3) is 0.182. The molecule has 0 bridgehead atoms. The average Bonchev–Trinajstić information content (AvgIpc) is 2.68. The summed E-state index contributed by atoms with van der Waals surface area (Å²) < 4.78 is 7.87. The van der Waals surface area contributed by atoms with E-state index < -0.39 is 0 Å². The predicted molar refractivity (Wildman–Crippen MR) is 102 cm³/mol. The summed E-state index contributed by atoms with van der Waals surface area (Å²) in [6, 6.07) is 23.1. The number of hydrogen-bond acceptors (Lipinski definition) is 2. The Balaban J connectivity index is 1.40. The molecule has 26 heavy (non-hydrogen) atoms. The summed E-state index contributed by atoms with van der Waals surface area (Å²) in [6.45, 7) is 0.930. The lowest BCUT2D eigenvalue weighted by molar-refractivity contribution is -0.697. The van der Waals surface area contributed by atoms with Crippen LogP contribution >= 0.6 is 0 Å². The SMILES string of the molecule is O=C(CCCC[n+]1ccccc1)Nc1ccc(Oc2ccccc2)cc1. The van der Waals surface area contributed by atoms with Gasteiger partial charge in [0.05, 0.1) is 0 Å². The molecule has 1 amide bonds. The monoisotopic (exact) mass is 347 g/mol. The van der Waals surface area contributed by atoms with Crippen molar-refractivity contribution < 1.29 is 14.1 Å². The van der Waals surface area contributed by atoms with Crippen LogP contribution in [0.15, 0.2) is 85.2 Å². The summed E-state index contributed by atoms with van der Waals surface area (Å²) in [4.78, 5) is 12.1. The van der Waals surface area contributed by atoms with Gasteiger partial charge in [-0.1, -0.05) is 24.3 Å². The molecule has 132 valence electrons. The van der Waals surface area contributed by atoms with Crippen LogP contribution < -0.4 is 14.6 Å². The first kappa shape index (κ1) is 17.7. The molecule has 0 radical (unpaired) electrons. The third-order valence-electron chi connectivity index (χ3n) is 3.96. The molecule has 3 rings (SSSR count). The van der Waals surface area contributed by atoms with Crippen molar-refractivity contribution in [2.45, 2.75) is 25.8 Å². The lowest BCUT2D eigenvalue weighted by Crippen LogP contribution is -2.32. The highest BCUT2D eigenvalue weighted by Gasteiger charge is 2.05. The number of pyridine rings is 1. The number of hydrogen-bond donors (Lipinski definition) is 1. The number of nitrogens with zero attached hydrogens (tertiary/aromatic N) is 1. The van der Waals surface area contributed by atoms with Crippen molar-refractivity contribution in [3.8, 4) is 11.5 Å². The molecular weight excluding hydrogens is 324 g/mol. The summed E-state index contributed by atoms with van der Waals surface area (Å²) in [5, 5.41) is 2.93. The van der Waals surface area contributed by atoms with Gasteiger partial charge in [-0.2, -0.15) is 0 Å². The Hall–Kier alpha value is -3.14. The minimum atomic E-state index is 0.0415. The fourth-order valence-electron chi connectivity index (χ4n) is 2.62. The van der Waals surface area contributed by atoms with Crippen LogP contribution in [0.3, 0.4) is 0 Å².